The summed E-state index contributed by atoms with van der Waals surface area (Å²) in [6.07, 6.45) is 0. The molecule has 4 heteroatoms. The SMILES string of the molecule is Fc1cccc(Br)c1Br.Fc1ccccc1. The largest absolute Gasteiger partial charge is 0.207 e. The van der Waals surface area contributed by atoms with Crippen LogP contribution >= 0.6 is 31.9 Å². The Balaban J connectivity index is 0.000000165. The molecule has 16 heavy (non-hydrogen) atoms. The lowest BCUT2D eigenvalue weighted by atomic mass is 10.4. The molecule has 84 valence electrons. The van der Waals surface area contributed by atoms with Crippen molar-refractivity contribution < 1.29 is 8.78 Å². The molecule has 2 aromatic carbocycles. The molecule has 0 nitrogen and oxygen atoms in total. The molecule has 0 atom stereocenters. The second-order valence-corrected chi connectivity index (χ2v) is 4.48. The number of benzene rings is 2. The second kappa shape index (κ2) is 6.76. The van der Waals surface area contributed by atoms with Gasteiger partial charge in [0.1, 0.15) is 11.6 Å². The smallest absolute Gasteiger partial charge is 0.138 e. The molecule has 0 saturated heterocycles. The van der Waals surface area contributed by atoms with Gasteiger partial charge in [-0.2, -0.15) is 0 Å². The van der Waals surface area contributed by atoms with E-state index in [1.54, 1.807) is 30.3 Å². The molecular weight excluding hydrogens is 342 g/mol. The van der Waals surface area contributed by atoms with Gasteiger partial charge in [-0.15, -0.1) is 0 Å². The third kappa shape index (κ3) is 4.41. The molecule has 0 amide bonds. The summed E-state index contributed by atoms with van der Waals surface area (Å²) in [6.45, 7) is 0. The molecule has 0 heterocycles. The predicted molar refractivity (Wildman–Crippen MR) is 68.2 cm³/mol. The molecule has 0 spiro atoms. The van der Waals surface area contributed by atoms with Crippen LogP contribution in [0.15, 0.2) is 57.5 Å². The van der Waals surface area contributed by atoms with E-state index in [1.165, 1.54) is 18.2 Å². The quantitative estimate of drug-likeness (QED) is 0.575. The first-order chi connectivity index (χ1) is 7.61. The van der Waals surface area contributed by atoms with Crippen LogP contribution in [0.5, 0.6) is 0 Å². The first kappa shape index (κ1) is 13.3. The summed E-state index contributed by atoms with van der Waals surface area (Å²) in [5.41, 5.74) is 0. The van der Waals surface area contributed by atoms with Crippen LogP contribution in [0.2, 0.25) is 0 Å². The Labute approximate surface area is 110 Å². The highest BCUT2D eigenvalue weighted by atomic mass is 79.9. The van der Waals surface area contributed by atoms with Crippen molar-refractivity contribution in [1.29, 1.82) is 0 Å². The Bertz CT molecular complexity index is 424. The van der Waals surface area contributed by atoms with Gasteiger partial charge in [-0.1, -0.05) is 24.3 Å². The van der Waals surface area contributed by atoms with E-state index in [4.69, 9.17) is 0 Å². The molecule has 0 saturated carbocycles. The number of halogens is 4. The van der Waals surface area contributed by atoms with Gasteiger partial charge in [-0.3, -0.25) is 0 Å². The van der Waals surface area contributed by atoms with Crippen LogP contribution in [0.1, 0.15) is 0 Å². The Morgan fingerprint density at radius 1 is 0.750 bits per heavy atom. The summed E-state index contributed by atoms with van der Waals surface area (Å²) in [5, 5.41) is 0. The van der Waals surface area contributed by atoms with E-state index in [-0.39, 0.29) is 11.6 Å². The Kier molecular flexibility index (Phi) is 5.63. The van der Waals surface area contributed by atoms with Crippen molar-refractivity contribution in [3.63, 3.8) is 0 Å². The van der Waals surface area contributed by atoms with E-state index >= 15 is 0 Å². The molecule has 0 aromatic heterocycles. The van der Waals surface area contributed by atoms with E-state index < -0.39 is 0 Å². The summed E-state index contributed by atoms with van der Waals surface area (Å²) in [4.78, 5) is 0. The highest BCUT2D eigenvalue weighted by Gasteiger charge is 1.99. The van der Waals surface area contributed by atoms with Crippen molar-refractivity contribution in [2.24, 2.45) is 0 Å². The Morgan fingerprint density at radius 2 is 1.38 bits per heavy atom. The van der Waals surface area contributed by atoms with Crippen LogP contribution in [0.3, 0.4) is 0 Å². The van der Waals surface area contributed by atoms with E-state index in [0.717, 1.165) is 4.47 Å². The molecule has 0 radical (unpaired) electrons. The average molecular weight is 350 g/mol. The first-order valence-electron chi connectivity index (χ1n) is 4.41. The van der Waals surface area contributed by atoms with Crippen LogP contribution in [0, 0.1) is 11.6 Å². The maximum atomic E-state index is 12.5. The van der Waals surface area contributed by atoms with E-state index in [0.29, 0.717) is 4.47 Å². The molecule has 0 fully saturated rings. The minimum absolute atomic E-state index is 0.178. The van der Waals surface area contributed by atoms with Gasteiger partial charge in [-0.05, 0) is 56.1 Å². The zero-order valence-electron chi connectivity index (χ0n) is 8.13. The predicted octanol–water partition coefficient (Wildman–Crippen LogP) is 5.18. The maximum absolute atomic E-state index is 12.5. The van der Waals surface area contributed by atoms with Crippen LogP contribution in [-0.4, -0.2) is 0 Å². The van der Waals surface area contributed by atoms with Crippen LogP contribution < -0.4 is 0 Å². The lowest BCUT2D eigenvalue weighted by molar-refractivity contribution is 0.620. The van der Waals surface area contributed by atoms with Gasteiger partial charge in [0.2, 0.25) is 0 Å². The first-order valence-corrected chi connectivity index (χ1v) is 6.00. The molecule has 0 aliphatic rings. The zero-order valence-corrected chi connectivity index (χ0v) is 11.3. The monoisotopic (exact) mass is 348 g/mol. The summed E-state index contributed by atoms with van der Waals surface area (Å²) in [5.74, 6) is -0.424. The number of hydrogen-bond donors (Lipinski definition) is 0. The second-order valence-electron chi connectivity index (χ2n) is 2.83. The summed E-state index contributed by atoms with van der Waals surface area (Å²) >= 11 is 6.22. The maximum Gasteiger partial charge on any atom is 0.138 e. The van der Waals surface area contributed by atoms with Crippen molar-refractivity contribution in [3.05, 3.63) is 69.1 Å². The molecule has 0 bridgehead atoms. The fourth-order valence-electron chi connectivity index (χ4n) is 0.892. The molecular formula is C12H8Br2F2. The third-order valence-electron chi connectivity index (χ3n) is 1.64. The summed E-state index contributed by atoms with van der Waals surface area (Å²) in [6, 6.07) is 12.7. The fourth-order valence-corrected chi connectivity index (χ4v) is 1.50. The van der Waals surface area contributed by atoms with Crippen molar-refractivity contribution in [2.75, 3.05) is 0 Å². The summed E-state index contributed by atoms with van der Waals surface area (Å²) in [7, 11) is 0. The van der Waals surface area contributed by atoms with Crippen molar-refractivity contribution in [2.45, 2.75) is 0 Å². The van der Waals surface area contributed by atoms with Gasteiger partial charge >= 0.3 is 0 Å². The minimum Gasteiger partial charge on any atom is -0.207 e. The average Bonchev–Trinajstić information content (AvgIpc) is 2.28. The summed E-state index contributed by atoms with van der Waals surface area (Å²) < 4.78 is 25.6. The van der Waals surface area contributed by atoms with Gasteiger partial charge in [-0.25, -0.2) is 8.78 Å². The third-order valence-corrected chi connectivity index (χ3v) is 3.64. The van der Waals surface area contributed by atoms with E-state index in [9.17, 15) is 8.78 Å². The van der Waals surface area contributed by atoms with Crippen LogP contribution in [0.25, 0.3) is 0 Å². The lowest BCUT2D eigenvalue weighted by Gasteiger charge is -1.93. The number of hydrogen-bond acceptors (Lipinski definition) is 0. The van der Waals surface area contributed by atoms with Gasteiger partial charge in [0.05, 0.1) is 4.47 Å². The fraction of sp³-hybridized carbons (Fsp3) is 0. The Morgan fingerprint density at radius 3 is 1.75 bits per heavy atom. The zero-order chi connectivity index (χ0) is 12.0. The van der Waals surface area contributed by atoms with Crippen LogP contribution in [0.4, 0.5) is 8.78 Å². The molecule has 2 rings (SSSR count). The topological polar surface area (TPSA) is 0 Å². The van der Waals surface area contributed by atoms with Gasteiger partial charge in [0, 0.05) is 4.47 Å². The molecule has 0 aliphatic heterocycles. The van der Waals surface area contributed by atoms with Crippen molar-refractivity contribution in [3.8, 4) is 0 Å². The van der Waals surface area contributed by atoms with E-state index in [1.807, 2.05) is 0 Å². The van der Waals surface area contributed by atoms with Gasteiger partial charge in [0.15, 0.2) is 0 Å². The van der Waals surface area contributed by atoms with Gasteiger partial charge < -0.3 is 0 Å². The standard InChI is InChI=1S/C6H3Br2F.C6H5F/c7-4-2-1-3-5(9)6(4)8;7-6-4-2-1-3-5-6/h1-3H;1-5H. The number of rotatable bonds is 0. The Hall–Kier alpha value is -0.740. The molecule has 0 N–H and O–H groups in total. The lowest BCUT2D eigenvalue weighted by Crippen LogP contribution is -1.75. The molecule has 2 aromatic rings. The normalized spacial score (nSPS) is 9.25. The highest BCUT2D eigenvalue weighted by Crippen LogP contribution is 2.24. The van der Waals surface area contributed by atoms with Crippen molar-refractivity contribution >= 4 is 31.9 Å². The highest BCUT2D eigenvalue weighted by molar-refractivity contribution is 9.13. The van der Waals surface area contributed by atoms with Crippen molar-refractivity contribution in [1.82, 2.24) is 0 Å². The van der Waals surface area contributed by atoms with Crippen LogP contribution in [-0.2, 0) is 0 Å². The minimum atomic E-state index is -0.246. The van der Waals surface area contributed by atoms with E-state index in [2.05, 4.69) is 31.9 Å². The van der Waals surface area contributed by atoms with Gasteiger partial charge in [0.25, 0.3) is 0 Å². The molecule has 0 aliphatic carbocycles. The molecule has 0 unspecified atom stereocenters.